The van der Waals surface area contributed by atoms with E-state index in [9.17, 15) is 0 Å². The average Bonchev–Trinajstić information content (AvgIpc) is 1.99. The van der Waals surface area contributed by atoms with E-state index < -0.39 is 0 Å². The highest BCUT2D eigenvalue weighted by Gasteiger charge is 2.51. The molecule has 13 heavy (non-hydrogen) atoms. The minimum Gasteiger partial charge on any atom is -0.309 e. The Morgan fingerprint density at radius 1 is 1.23 bits per heavy atom. The maximum absolute atomic E-state index is 8.33. The average molecular weight is 179 g/mol. The zero-order valence-electron chi connectivity index (χ0n) is 9.11. The summed E-state index contributed by atoms with van der Waals surface area (Å²) in [4.78, 5) is 0. The zero-order valence-corrected chi connectivity index (χ0v) is 9.11. The summed E-state index contributed by atoms with van der Waals surface area (Å²) in [7, 11) is 0. The molecule has 0 amide bonds. The molecular weight excluding hydrogens is 158 g/mol. The van der Waals surface area contributed by atoms with Crippen LogP contribution in [0.25, 0.3) is 0 Å². The molecule has 0 saturated heterocycles. The highest BCUT2D eigenvalue weighted by atomic mass is 14.6. The van der Waals surface area contributed by atoms with Crippen molar-refractivity contribution in [3.63, 3.8) is 0 Å². The van der Waals surface area contributed by atoms with Crippen LogP contribution in [0.4, 0.5) is 0 Å². The fourth-order valence-corrected chi connectivity index (χ4v) is 3.01. The Bertz CT molecular complexity index is 232. The third-order valence-electron chi connectivity index (χ3n) is 4.77. The van der Waals surface area contributed by atoms with E-state index in [1.54, 1.807) is 0 Å². The van der Waals surface area contributed by atoms with E-state index in [4.69, 9.17) is 5.41 Å². The molecule has 0 aliphatic heterocycles. The smallest absolute Gasteiger partial charge is 0.0210 e. The molecule has 2 aliphatic carbocycles. The summed E-state index contributed by atoms with van der Waals surface area (Å²) in [5.41, 5.74) is 1.58. The van der Waals surface area contributed by atoms with Gasteiger partial charge in [0, 0.05) is 16.5 Å². The number of hydrogen-bond acceptors (Lipinski definition) is 1. The van der Waals surface area contributed by atoms with Gasteiger partial charge in [-0.05, 0) is 31.6 Å². The molecule has 0 aromatic heterocycles. The molecule has 0 radical (unpaired) electrons. The van der Waals surface area contributed by atoms with Gasteiger partial charge in [-0.2, -0.15) is 0 Å². The van der Waals surface area contributed by atoms with Gasteiger partial charge in [0.1, 0.15) is 0 Å². The van der Waals surface area contributed by atoms with Gasteiger partial charge in [-0.1, -0.05) is 27.2 Å². The number of rotatable bonds is 0. The van der Waals surface area contributed by atoms with Gasteiger partial charge >= 0.3 is 0 Å². The first-order valence-electron chi connectivity index (χ1n) is 5.58. The van der Waals surface area contributed by atoms with Crippen molar-refractivity contribution in [3.05, 3.63) is 0 Å². The molecule has 1 N–H and O–H groups in total. The van der Waals surface area contributed by atoms with Crippen LogP contribution in [-0.4, -0.2) is 5.71 Å². The Hall–Kier alpha value is -0.330. The summed E-state index contributed by atoms with van der Waals surface area (Å²) < 4.78 is 0. The van der Waals surface area contributed by atoms with Gasteiger partial charge < -0.3 is 5.41 Å². The van der Waals surface area contributed by atoms with E-state index in [-0.39, 0.29) is 5.41 Å². The Kier molecular flexibility index (Phi) is 1.84. The van der Waals surface area contributed by atoms with Crippen molar-refractivity contribution in [2.45, 2.75) is 52.9 Å². The van der Waals surface area contributed by atoms with Crippen molar-refractivity contribution in [2.75, 3.05) is 0 Å². The summed E-state index contributed by atoms with van der Waals surface area (Å²) in [6.45, 7) is 6.83. The van der Waals surface area contributed by atoms with Crippen molar-refractivity contribution in [1.82, 2.24) is 0 Å². The highest BCUT2D eigenvalue weighted by Crippen LogP contribution is 2.55. The monoisotopic (exact) mass is 179 g/mol. The quantitative estimate of drug-likeness (QED) is 0.587. The van der Waals surface area contributed by atoms with Gasteiger partial charge in [0.25, 0.3) is 0 Å². The second-order valence-electron chi connectivity index (χ2n) is 5.67. The topological polar surface area (TPSA) is 23.9 Å². The van der Waals surface area contributed by atoms with E-state index in [2.05, 4.69) is 20.8 Å². The van der Waals surface area contributed by atoms with E-state index in [0.29, 0.717) is 11.3 Å². The first kappa shape index (κ1) is 9.23. The van der Waals surface area contributed by atoms with Gasteiger partial charge in [0.05, 0.1) is 0 Å². The third kappa shape index (κ3) is 1.09. The number of nitrogens with one attached hydrogen (secondary N) is 1. The predicted octanol–water partition coefficient (Wildman–Crippen LogP) is 3.63. The lowest BCUT2D eigenvalue weighted by atomic mass is 9.51. The summed E-state index contributed by atoms with van der Waals surface area (Å²) in [6.07, 6.45) is 6.56. The lowest BCUT2D eigenvalue weighted by Crippen LogP contribution is -2.51. The molecule has 1 spiro atoms. The Balaban J connectivity index is 2.25. The van der Waals surface area contributed by atoms with Crippen molar-refractivity contribution in [1.29, 1.82) is 5.41 Å². The first-order valence-corrected chi connectivity index (χ1v) is 5.58. The second kappa shape index (κ2) is 2.59. The fraction of sp³-hybridized carbons (Fsp3) is 0.917. The van der Waals surface area contributed by atoms with Gasteiger partial charge in [-0.3, -0.25) is 0 Å². The van der Waals surface area contributed by atoms with Gasteiger partial charge in [-0.15, -0.1) is 0 Å². The molecule has 74 valence electrons. The van der Waals surface area contributed by atoms with Gasteiger partial charge in [-0.25, -0.2) is 0 Å². The fourth-order valence-electron chi connectivity index (χ4n) is 3.01. The van der Waals surface area contributed by atoms with Crippen molar-refractivity contribution in [2.24, 2.45) is 16.7 Å². The molecule has 1 heteroatoms. The molecule has 2 fully saturated rings. The van der Waals surface area contributed by atoms with Crippen LogP contribution in [0.15, 0.2) is 0 Å². The molecule has 2 rings (SSSR count). The zero-order chi connectivity index (χ0) is 9.69. The highest BCUT2D eigenvalue weighted by molar-refractivity contribution is 5.93. The largest absolute Gasteiger partial charge is 0.309 e. The molecule has 1 unspecified atom stereocenters. The molecule has 2 saturated carbocycles. The van der Waals surface area contributed by atoms with E-state index in [0.717, 1.165) is 5.71 Å². The number of hydrogen-bond donors (Lipinski definition) is 1. The molecule has 1 atom stereocenters. The van der Waals surface area contributed by atoms with Crippen LogP contribution in [0.2, 0.25) is 0 Å². The second-order valence-corrected chi connectivity index (χ2v) is 5.67. The minimum absolute atomic E-state index is 0.165. The molecule has 1 nitrogen and oxygen atoms in total. The van der Waals surface area contributed by atoms with Gasteiger partial charge in [0.15, 0.2) is 0 Å². The van der Waals surface area contributed by atoms with E-state index in [1.807, 2.05) is 0 Å². The van der Waals surface area contributed by atoms with Crippen LogP contribution in [0.5, 0.6) is 0 Å². The van der Waals surface area contributed by atoms with Crippen LogP contribution in [-0.2, 0) is 0 Å². The summed E-state index contributed by atoms with van der Waals surface area (Å²) in [5.74, 6) is 0.700. The Morgan fingerprint density at radius 2 is 1.85 bits per heavy atom. The Morgan fingerprint density at radius 3 is 2.31 bits per heavy atom. The van der Waals surface area contributed by atoms with Crippen molar-refractivity contribution in [3.8, 4) is 0 Å². The molecule has 0 heterocycles. The molecular formula is C12H21N. The Labute approximate surface area is 81.4 Å². The van der Waals surface area contributed by atoms with E-state index in [1.165, 1.54) is 32.1 Å². The van der Waals surface area contributed by atoms with Crippen LogP contribution < -0.4 is 0 Å². The van der Waals surface area contributed by atoms with Gasteiger partial charge in [0.2, 0.25) is 0 Å². The minimum atomic E-state index is 0.165. The SMILES string of the molecule is CC1CCC2(CCC2)C(=N)C1(C)C. The van der Waals surface area contributed by atoms with Crippen LogP contribution in [0.1, 0.15) is 52.9 Å². The van der Waals surface area contributed by atoms with Crippen LogP contribution in [0, 0.1) is 22.2 Å². The third-order valence-corrected chi connectivity index (χ3v) is 4.77. The summed E-state index contributed by atoms with van der Waals surface area (Å²) >= 11 is 0. The molecule has 0 aromatic carbocycles. The lowest BCUT2D eigenvalue weighted by molar-refractivity contribution is 0.121. The predicted molar refractivity (Wildman–Crippen MR) is 56.2 cm³/mol. The summed E-state index contributed by atoms with van der Waals surface area (Å²) in [5, 5.41) is 8.33. The normalized spacial score (nSPS) is 35.9. The maximum Gasteiger partial charge on any atom is 0.0210 e. The van der Waals surface area contributed by atoms with E-state index >= 15 is 0 Å². The first-order chi connectivity index (χ1) is 5.99. The molecule has 2 aliphatic rings. The van der Waals surface area contributed by atoms with Crippen molar-refractivity contribution >= 4 is 5.71 Å². The van der Waals surface area contributed by atoms with Crippen LogP contribution in [0.3, 0.4) is 0 Å². The van der Waals surface area contributed by atoms with Crippen molar-refractivity contribution < 1.29 is 0 Å². The standard InChI is InChI=1S/C12H21N/c1-9-5-8-12(6-4-7-12)10(13)11(9,2)3/h9,13H,4-8H2,1-3H3. The molecule has 0 aromatic rings. The molecule has 0 bridgehead atoms. The maximum atomic E-state index is 8.33. The summed E-state index contributed by atoms with van der Waals surface area (Å²) in [6, 6.07) is 0. The lowest BCUT2D eigenvalue weighted by Gasteiger charge is -2.54. The van der Waals surface area contributed by atoms with Crippen LogP contribution >= 0.6 is 0 Å².